The number of hydrogen-bond acceptors (Lipinski definition) is 1. The van der Waals surface area contributed by atoms with E-state index < -0.39 is 41.3 Å². The van der Waals surface area contributed by atoms with Crippen LogP contribution in [0, 0.1) is 5.82 Å². The molecular formula is C10H6F9N. The maximum atomic E-state index is 12.9. The first-order valence-corrected chi connectivity index (χ1v) is 4.84. The fourth-order valence-corrected chi connectivity index (χ4v) is 1.34. The van der Waals surface area contributed by atoms with Crippen LogP contribution in [0.4, 0.5) is 39.5 Å². The van der Waals surface area contributed by atoms with Crippen molar-refractivity contribution in [3.8, 4) is 0 Å². The smallest absolute Gasteiger partial charge is 0.319 e. The van der Waals surface area contributed by atoms with Gasteiger partial charge in [-0.15, -0.1) is 0 Å². The summed E-state index contributed by atoms with van der Waals surface area (Å²) in [7, 11) is 0. The lowest BCUT2D eigenvalue weighted by molar-refractivity contribution is -0.291. The van der Waals surface area contributed by atoms with Crippen LogP contribution in [0.25, 0.3) is 0 Å². The van der Waals surface area contributed by atoms with Crippen LogP contribution in [-0.2, 0) is 6.18 Å². The summed E-state index contributed by atoms with van der Waals surface area (Å²) in [4.78, 5) is 0. The van der Waals surface area contributed by atoms with Gasteiger partial charge in [0.25, 0.3) is 0 Å². The second-order valence-electron chi connectivity index (χ2n) is 3.87. The van der Waals surface area contributed by atoms with Gasteiger partial charge in [0.15, 0.2) is 0 Å². The summed E-state index contributed by atoms with van der Waals surface area (Å²) in [5.41, 5.74) is 1.62. The molecule has 1 atom stereocenters. The van der Waals surface area contributed by atoms with Crippen molar-refractivity contribution in [3.05, 3.63) is 35.1 Å². The molecule has 0 aliphatic carbocycles. The van der Waals surface area contributed by atoms with Crippen LogP contribution in [0.3, 0.4) is 0 Å². The molecule has 0 bridgehead atoms. The molecule has 2 N–H and O–H groups in total. The molecule has 0 aliphatic heterocycles. The van der Waals surface area contributed by atoms with Crippen molar-refractivity contribution in [2.24, 2.45) is 5.73 Å². The van der Waals surface area contributed by atoms with E-state index in [0.29, 0.717) is 0 Å². The monoisotopic (exact) mass is 311 g/mol. The highest BCUT2D eigenvalue weighted by molar-refractivity contribution is 5.30. The number of rotatable bonds is 2. The van der Waals surface area contributed by atoms with E-state index in [0.717, 1.165) is 0 Å². The molecule has 0 unspecified atom stereocenters. The fraction of sp³-hybridized carbons (Fsp3) is 0.400. The minimum Gasteiger partial charge on any atom is -0.319 e. The summed E-state index contributed by atoms with van der Waals surface area (Å²) in [5.74, 6) is -7.12. The third-order valence-corrected chi connectivity index (χ3v) is 2.38. The van der Waals surface area contributed by atoms with Gasteiger partial charge in [-0.25, -0.2) is 4.39 Å². The van der Waals surface area contributed by atoms with Crippen molar-refractivity contribution in [1.29, 1.82) is 0 Å². The minimum atomic E-state index is -6.07. The average molecular weight is 311 g/mol. The standard InChI is InChI=1S/C10H6F9N/c11-6-2-4(1-5(3-6)9(14,15)16)7(20)8(12,13)10(17,18)19/h1-3,7H,20H2/t7-/m1/s1. The van der Waals surface area contributed by atoms with Crippen LogP contribution < -0.4 is 5.73 Å². The zero-order valence-corrected chi connectivity index (χ0v) is 9.29. The largest absolute Gasteiger partial charge is 0.455 e. The molecule has 10 heteroatoms. The zero-order valence-electron chi connectivity index (χ0n) is 9.29. The normalized spacial score (nSPS) is 15.3. The third-order valence-electron chi connectivity index (χ3n) is 2.38. The van der Waals surface area contributed by atoms with E-state index in [9.17, 15) is 39.5 Å². The molecular weight excluding hydrogens is 305 g/mol. The lowest BCUT2D eigenvalue weighted by atomic mass is 9.98. The quantitative estimate of drug-likeness (QED) is 0.820. The van der Waals surface area contributed by atoms with Crippen LogP contribution in [-0.4, -0.2) is 12.1 Å². The SMILES string of the molecule is N[C@H](c1cc(F)cc(C(F)(F)F)c1)C(F)(F)C(F)(F)F. The minimum absolute atomic E-state index is 0.0397. The Morgan fingerprint density at radius 3 is 1.75 bits per heavy atom. The highest BCUT2D eigenvalue weighted by Gasteiger charge is 2.61. The Morgan fingerprint density at radius 2 is 1.35 bits per heavy atom. The molecule has 114 valence electrons. The van der Waals surface area contributed by atoms with Crippen molar-refractivity contribution in [1.82, 2.24) is 0 Å². The van der Waals surface area contributed by atoms with Gasteiger partial charge in [0.05, 0.1) is 5.56 Å². The molecule has 0 spiro atoms. The number of nitrogens with two attached hydrogens (primary N) is 1. The van der Waals surface area contributed by atoms with E-state index in [4.69, 9.17) is 0 Å². The molecule has 0 amide bonds. The lowest BCUT2D eigenvalue weighted by Gasteiger charge is -2.26. The Morgan fingerprint density at radius 1 is 0.850 bits per heavy atom. The molecule has 0 aliphatic rings. The van der Waals surface area contributed by atoms with Gasteiger partial charge in [0.2, 0.25) is 0 Å². The van der Waals surface area contributed by atoms with E-state index in [-0.39, 0.29) is 18.2 Å². The molecule has 1 rings (SSSR count). The second kappa shape index (κ2) is 4.83. The van der Waals surface area contributed by atoms with Crippen LogP contribution in [0.15, 0.2) is 18.2 Å². The molecule has 0 radical (unpaired) electrons. The van der Waals surface area contributed by atoms with Crippen LogP contribution in [0.5, 0.6) is 0 Å². The Balaban J connectivity index is 3.31. The summed E-state index contributed by atoms with van der Waals surface area (Å²) in [6.45, 7) is 0. The van der Waals surface area contributed by atoms with E-state index in [1.54, 1.807) is 0 Å². The molecule has 20 heavy (non-hydrogen) atoms. The third kappa shape index (κ3) is 3.17. The van der Waals surface area contributed by atoms with E-state index in [1.807, 2.05) is 0 Å². The van der Waals surface area contributed by atoms with Crippen LogP contribution in [0.1, 0.15) is 17.2 Å². The number of halogens is 9. The topological polar surface area (TPSA) is 26.0 Å². The molecule has 0 heterocycles. The van der Waals surface area contributed by atoms with Gasteiger partial charge in [-0.2, -0.15) is 35.1 Å². The maximum absolute atomic E-state index is 12.9. The first-order valence-electron chi connectivity index (χ1n) is 4.84. The molecule has 0 saturated heterocycles. The van der Waals surface area contributed by atoms with Crippen LogP contribution >= 0.6 is 0 Å². The number of alkyl halides is 8. The van der Waals surface area contributed by atoms with Crippen molar-refractivity contribution in [3.63, 3.8) is 0 Å². The van der Waals surface area contributed by atoms with Crippen molar-refractivity contribution >= 4 is 0 Å². The lowest BCUT2D eigenvalue weighted by Crippen LogP contribution is -2.45. The maximum Gasteiger partial charge on any atom is 0.455 e. The number of benzene rings is 1. The molecule has 1 aromatic rings. The highest BCUT2D eigenvalue weighted by atomic mass is 19.4. The average Bonchev–Trinajstić information content (AvgIpc) is 2.24. The first-order chi connectivity index (χ1) is 8.76. The van der Waals surface area contributed by atoms with Crippen molar-refractivity contribution < 1.29 is 39.5 Å². The van der Waals surface area contributed by atoms with Gasteiger partial charge in [-0.3, -0.25) is 0 Å². The van der Waals surface area contributed by atoms with Gasteiger partial charge < -0.3 is 5.73 Å². The molecule has 0 aromatic heterocycles. The summed E-state index contributed by atoms with van der Waals surface area (Å²) >= 11 is 0. The molecule has 0 fully saturated rings. The van der Waals surface area contributed by atoms with Crippen molar-refractivity contribution in [2.75, 3.05) is 0 Å². The molecule has 1 nitrogen and oxygen atoms in total. The van der Waals surface area contributed by atoms with Crippen LogP contribution in [0.2, 0.25) is 0 Å². The fourth-order valence-electron chi connectivity index (χ4n) is 1.34. The van der Waals surface area contributed by atoms with Crippen molar-refractivity contribution in [2.45, 2.75) is 24.3 Å². The van der Waals surface area contributed by atoms with E-state index in [1.165, 1.54) is 0 Å². The van der Waals surface area contributed by atoms with Gasteiger partial charge in [0.1, 0.15) is 11.9 Å². The predicted octanol–water partition coefficient (Wildman–Crippen LogP) is 4.04. The molecule has 0 saturated carbocycles. The second-order valence-corrected chi connectivity index (χ2v) is 3.87. The number of hydrogen-bond donors (Lipinski definition) is 1. The van der Waals surface area contributed by atoms with Gasteiger partial charge >= 0.3 is 18.3 Å². The van der Waals surface area contributed by atoms with Gasteiger partial charge in [0, 0.05) is 0 Å². The van der Waals surface area contributed by atoms with Gasteiger partial charge in [-0.1, -0.05) is 0 Å². The summed E-state index contributed by atoms with van der Waals surface area (Å²) in [6, 6.07) is -3.14. The molecule has 1 aromatic carbocycles. The van der Waals surface area contributed by atoms with Gasteiger partial charge in [-0.05, 0) is 23.8 Å². The zero-order chi connectivity index (χ0) is 15.9. The Kier molecular flexibility index (Phi) is 4.01. The Labute approximate surface area is 106 Å². The Bertz CT molecular complexity index is 488. The first kappa shape index (κ1) is 16.6. The summed E-state index contributed by atoms with van der Waals surface area (Å²) in [6.07, 6.45) is -11.2. The summed E-state index contributed by atoms with van der Waals surface area (Å²) < 4.78 is 112. The van der Waals surface area contributed by atoms with E-state index in [2.05, 4.69) is 5.73 Å². The summed E-state index contributed by atoms with van der Waals surface area (Å²) in [5, 5.41) is 0. The highest BCUT2D eigenvalue weighted by Crippen LogP contribution is 2.44. The van der Waals surface area contributed by atoms with E-state index >= 15 is 0 Å². The predicted molar refractivity (Wildman–Crippen MR) is 49.3 cm³/mol. The Hall–Kier alpha value is -1.45.